The van der Waals surface area contributed by atoms with E-state index in [1.54, 1.807) is 31.3 Å². The lowest BCUT2D eigenvalue weighted by Crippen LogP contribution is -2.30. The van der Waals surface area contributed by atoms with E-state index in [1.165, 1.54) is 30.6 Å². The molecule has 1 aromatic carbocycles. The van der Waals surface area contributed by atoms with Gasteiger partial charge in [0.15, 0.2) is 0 Å². The average molecular weight is 287 g/mol. The summed E-state index contributed by atoms with van der Waals surface area (Å²) in [5.74, 6) is 1.06. The molecule has 2 fully saturated rings. The number of nitrogens with zero attached hydrogens (tertiary/aromatic N) is 1. The quantitative estimate of drug-likeness (QED) is 0.925. The zero-order chi connectivity index (χ0) is 15.0. The van der Waals surface area contributed by atoms with E-state index in [1.807, 2.05) is 0 Å². The summed E-state index contributed by atoms with van der Waals surface area (Å²) in [5.41, 5.74) is 0.666. The smallest absolute Gasteiger partial charge is 0.337 e. The number of benzene rings is 1. The van der Waals surface area contributed by atoms with Crippen LogP contribution < -0.4 is 4.90 Å². The summed E-state index contributed by atoms with van der Waals surface area (Å²) < 4.78 is 0. The number of fused-ring (bicyclic) bond motifs is 2. The van der Waals surface area contributed by atoms with Crippen LogP contribution in [0.1, 0.15) is 42.5 Å². The Morgan fingerprint density at radius 1 is 1.24 bits per heavy atom. The molecule has 0 saturated heterocycles. The van der Waals surface area contributed by atoms with Gasteiger partial charge in [0.1, 0.15) is 0 Å². The van der Waals surface area contributed by atoms with Crippen LogP contribution in [0.2, 0.25) is 0 Å². The van der Waals surface area contributed by atoms with Gasteiger partial charge in [0.2, 0.25) is 5.91 Å². The Labute approximate surface area is 124 Å². The number of amides is 1. The third-order valence-corrected chi connectivity index (χ3v) is 5.19. The van der Waals surface area contributed by atoms with E-state index in [0.717, 1.165) is 5.92 Å². The van der Waals surface area contributed by atoms with Gasteiger partial charge in [0, 0.05) is 13.5 Å². The van der Waals surface area contributed by atoms with Crippen molar-refractivity contribution in [1.29, 1.82) is 0 Å². The summed E-state index contributed by atoms with van der Waals surface area (Å²) in [7, 11) is 1.68. The number of carboxylic acid groups (broad SMARTS) is 1. The maximum Gasteiger partial charge on any atom is 0.337 e. The third-order valence-electron chi connectivity index (χ3n) is 5.19. The van der Waals surface area contributed by atoms with E-state index < -0.39 is 5.97 Å². The maximum atomic E-state index is 12.5. The number of rotatable bonds is 4. The van der Waals surface area contributed by atoms with Crippen molar-refractivity contribution in [2.45, 2.75) is 32.1 Å². The Balaban J connectivity index is 1.71. The highest BCUT2D eigenvalue weighted by atomic mass is 16.4. The number of hydrogen-bond acceptors (Lipinski definition) is 2. The summed E-state index contributed by atoms with van der Waals surface area (Å²) >= 11 is 0. The van der Waals surface area contributed by atoms with Crippen LogP contribution in [0.5, 0.6) is 0 Å². The molecule has 4 nitrogen and oxygen atoms in total. The lowest BCUT2D eigenvalue weighted by molar-refractivity contribution is -0.119. The number of anilines is 1. The zero-order valence-electron chi connectivity index (χ0n) is 12.3. The van der Waals surface area contributed by atoms with Crippen LogP contribution in [0.15, 0.2) is 24.3 Å². The van der Waals surface area contributed by atoms with Gasteiger partial charge < -0.3 is 10.0 Å². The molecule has 0 radical (unpaired) electrons. The minimum absolute atomic E-state index is 0.0289. The number of carboxylic acids is 1. The van der Waals surface area contributed by atoms with Gasteiger partial charge in [-0.25, -0.2) is 4.79 Å². The van der Waals surface area contributed by atoms with E-state index in [2.05, 4.69) is 0 Å². The first-order valence-corrected chi connectivity index (χ1v) is 7.65. The van der Waals surface area contributed by atoms with Crippen molar-refractivity contribution in [3.8, 4) is 0 Å². The van der Waals surface area contributed by atoms with Crippen LogP contribution in [0, 0.1) is 17.8 Å². The lowest BCUT2D eigenvalue weighted by atomic mass is 9.86. The first-order chi connectivity index (χ1) is 10.1. The van der Waals surface area contributed by atoms with Gasteiger partial charge in [-0.2, -0.15) is 0 Å². The predicted molar refractivity (Wildman–Crippen MR) is 80.4 cm³/mol. The van der Waals surface area contributed by atoms with Gasteiger partial charge in [-0.05, 0) is 49.1 Å². The molecule has 0 spiro atoms. The highest BCUT2D eigenvalue weighted by Crippen LogP contribution is 2.49. The molecule has 0 aromatic heterocycles. The minimum atomic E-state index is -0.995. The van der Waals surface area contributed by atoms with Crippen LogP contribution in [-0.4, -0.2) is 24.0 Å². The normalized spacial score (nSPS) is 26.8. The Hall–Kier alpha value is -1.84. The molecule has 0 aliphatic heterocycles. The minimum Gasteiger partial charge on any atom is -0.478 e. The van der Waals surface area contributed by atoms with E-state index >= 15 is 0 Å². The predicted octanol–water partition coefficient (Wildman–Crippen LogP) is 3.17. The summed E-state index contributed by atoms with van der Waals surface area (Å²) in [4.78, 5) is 25.3. The molecule has 0 heterocycles. The first-order valence-electron chi connectivity index (χ1n) is 7.65. The van der Waals surface area contributed by atoms with Crippen LogP contribution in [-0.2, 0) is 4.79 Å². The van der Waals surface area contributed by atoms with Crippen LogP contribution in [0.4, 0.5) is 5.69 Å². The first kappa shape index (κ1) is 14.1. The average Bonchev–Trinajstić information content (AvgIpc) is 3.09. The molecule has 2 aliphatic rings. The Morgan fingerprint density at radius 2 is 2.00 bits per heavy atom. The van der Waals surface area contributed by atoms with Crippen LogP contribution >= 0.6 is 0 Å². The second-order valence-electron chi connectivity index (χ2n) is 6.41. The molecule has 3 unspecified atom stereocenters. The fourth-order valence-corrected chi connectivity index (χ4v) is 4.07. The Kier molecular flexibility index (Phi) is 3.70. The summed E-state index contributed by atoms with van der Waals surface area (Å²) in [6, 6.07) is 6.69. The molecule has 2 saturated carbocycles. The molecule has 4 heteroatoms. The van der Waals surface area contributed by atoms with Gasteiger partial charge in [-0.15, -0.1) is 0 Å². The van der Waals surface area contributed by atoms with E-state index in [4.69, 9.17) is 0 Å². The highest BCUT2D eigenvalue weighted by Gasteiger charge is 2.40. The van der Waals surface area contributed by atoms with Crippen molar-refractivity contribution in [1.82, 2.24) is 0 Å². The zero-order valence-corrected chi connectivity index (χ0v) is 12.3. The molecule has 3 rings (SSSR count). The van der Waals surface area contributed by atoms with E-state index in [-0.39, 0.29) is 11.5 Å². The number of hydrogen-bond donors (Lipinski definition) is 1. The summed E-state index contributed by atoms with van der Waals surface area (Å²) in [6.07, 6.45) is 5.59. The van der Waals surface area contributed by atoms with Crippen molar-refractivity contribution in [3.05, 3.63) is 29.8 Å². The lowest BCUT2D eigenvalue weighted by Gasteiger charge is -2.25. The van der Waals surface area contributed by atoms with Crippen molar-refractivity contribution in [2.24, 2.45) is 17.8 Å². The molecule has 112 valence electrons. The summed E-state index contributed by atoms with van der Waals surface area (Å²) in [6.45, 7) is 0. The van der Waals surface area contributed by atoms with Crippen molar-refractivity contribution < 1.29 is 14.7 Å². The third kappa shape index (κ3) is 2.67. The molecule has 1 aromatic rings. The molecule has 1 amide bonds. The van der Waals surface area contributed by atoms with Crippen LogP contribution in [0.3, 0.4) is 0 Å². The molecule has 3 atom stereocenters. The molecular formula is C17H21NO3. The fourth-order valence-electron chi connectivity index (χ4n) is 4.07. The molecule has 2 bridgehead atoms. The van der Waals surface area contributed by atoms with E-state index in [9.17, 15) is 14.7 Å². The van der Waals surface area contributed by atoms with Gasteiger partial charge in [0.05, 0.1) is 11.3 Å². The Morgan fingerprint density at radius 3 is 2.62 bits per heavy atom. The monoisotopic (exact) mass is 287 g/mol. The largest absolute Gasteiger partial charge is 0.478 e. The molecular weight excluding hydrogens is 266 g/mol. The Bertz CT molecular complexity index is 569. The fraction of sp³-hybridized carbons (Fsp3) is 0.529. The van der Waals surface area contributed by atoms with Crippen LogP contribution in [0.25, 0.3) is 0 Å². The number of para-hydroxylation sites is 1. The maximum absolute atomic E-state index is 12.5. The molecule has 21 heavy (non-hydrogen) atoms. The van der Waals surface area contributed by atoms with Gasteiger partial charge in [-0.3, -0.25) is 4.79 Å². The van der Waals surface area contributed by atoms with Gasteiger partial charge in [-0.1, -0.05) is 18.6 Å². The van der Waals surface area contributed by atoms with Gasteiger partial charge >= 0.3 is 5.97 Å². The number of aromatic carboxylic acids is 1. The van der Waals surface area contributed by atoms with Gasteiger partial charge in [0.25, 0.3) is 0 Å². The summed E-state index contributed by atoms with van der Waals surface area (Å²) in [5, 5.41) is 9.23. The van der Waals surface area contributed by atoms with Crippen molar-refractivity contribution in [3.63, 3.8) is 0 Å². The SMILES string of the molecule is CN(C(=O)CC1CC2CCC1C2)c1ccccc1C(=O)O. The second-order valence-corrected chi connectivity index (χ2v) is 6.41. The molecule has 2 aliphatic carbocycles. The topological polar surface area (TPSA) is 57.6 Å². The van der Waals surface area contributed by atoms with Crippen molar-refractivity contribution >= 4 is 17.6 Å². The number of carbonyl (C=O) groups excluding carboxylic acids is 1. The standard InChI is InChI=1S/C17H21NO3/c1-18(15-5-3-2-4-14(15)17(20)21)16(19)10-13-9-11-6-7-12(13)8-11/h2-5,11-13H,6-10H2,1H3,(H,20,21). The second kappa shape index (κ2) is 5.51. The molecule has 1 N–H and O–H groups in total. The number of carbonyl (C=O) groups is 2. The van der Waals surface area contributed by atoms with Crippen molar-refractivity contribution in [2.75, 3.05) is 11.9 Å². The van der Waals surface area contributed by atoms with E-state index in [0.29, 0.717) is 23.9 Å². The highest BCUT2D eigenvalue weighted by molar-refractivity contribution is 6.01.